The molecule has 3 rings (SSSR count). The second kappa shape index (κ2) is 10.0. The van der Waals surface area contributed by atoms with Gasteiger partial charge in [0.25, 0.3) is 5.91 Å². The molecule has 1 saturated heterocycles. The summed E-state index contributed by atoms with van der Waals surface area (Å²) >= 11 is 3.43. The number of hydrogen-bond donors (Lipinski definition) is 2. The van der Waals surface area contributed by atoms with E-state index in [-0.39, 0.29) is 23.9 Å². The van der Waals surface area contributed by atoms with Crippen molar-refractivity contribution in [2.24, 2.45) is 0 Å². The number of hydrogen-bond acceptors (Lipinski definition) is 3. The maximum Gasteiger partial charge on any atom is 0.251 e. The van der Waals surface area contributed by atoms with Crippen LogP contribution in [0, 0.1) is 6.92 Å². The summed E-state index contributed by atoms with van der Waals surface area (Å²) in [5, 5.41) is 6.21. The lowest BCUT2D eigenvalue weighted by atomic mass is 10.0. The van der Waals surface area contributed by atoms with Crippen LogP contribution in [0.2, 0.25) is 0 Å². The van der Waals surface area contributed by atoms with Crippen LogP contribution < -0.4 is 10.6 Å². The van der Waals surface area contributed by atoms with Crippen LogP contribution in [0.15, 0.2) is 53.0 Å². The van der Waals surface area contributed by atoms with E-state index >= 15 is 0 Å². The first-order chi connectivity index (χ1) is 13.9. The number of halogens is 1. The van der Waals surface area contributed by atoms with Gasteiger partial charge in [-0.3, -0.25) is 14.5 Å². The van der Waals surface area contributed by atoms with Crippen LogP contribution >= 0.6 is 15.9 Å². The van der Waals surface area contributed by atoms with E-state index in [1.165, 1.54) is 0 Å². The van der Waals surface area contributed by atoms with E-state index in [1.807, 2.05) is 62.4 Å². The Balaban J connectivity index is 1.42. The van der Waals surface area contributed by atoms with Crippen molar-refractivity contribution in [3.63, 3.8) is 0 Å². The number of nitrogens with one attached hydrogen (secondary N) is 2. The van der Waals surface area contributed by atoms with Gasteiger partial charge in [0.05, 0.1) is 12.6 Å². The van der Waals surface area contributed by atoms with E-state index in [2.05, 4.69) is 31.5 Å². The van der Waals surface area contributed by atoms with Crippen molar-refractivity contribution in [2.45, 2.75) is 38.8 Å². The van der Waals surface area contributed by atoms with E-state index in [9.17, 15) is 9.59 Å². The summed E-state index contributed by atoms with van der Waals surface area (Å²) in [6.07, 6.45) is 1.71. The Kier molecular flexibility index (Phi) is 7.45. The molecule has 0 bridgehead atoms. The maximum atomic E-state index is 12.5. The monoisotopic (exact) mass is 457 g/mol. The Morgan fingerprint density at radius 3 is 2.41 bits per heavy atom. The first-order valence-corrected chi connectivity index (χ1v) is 10.9. The van der Waals surface area contributed by atoms with Gasteiger partial charge in [0.2, 0.25) is 5.91 Å². The van der Waals surface area contributed by atoms with Crippen LogP contribution in [0.25, 0.3) is 0 Å². The summed E-state index contributed by atoms with van der Waals surface area (Å²) in [6.45, 7) is 5.94. The van der Waals surface area contributed by atoms with Crippen molar-refractivity contribution in [3.05, 3.63) is 69.7 Å². The molecule has 0 aliphatic carbocycles. The first kappa shape index (κ1) is 21.5. The Bertz CT molecular complexity index is 845. The fourth-order valence-corrected chi connectivity index (χ4v) is 3.92. The van der Waals surface area contributed by atoms with E-state index < -0.39 is 0 Å². The molecule has 2 amide bonds. The van der Waals surface area contributed by atoms with Crippen LogP contribution in [0.3, 0.4) is 0 Å². The third-order valence-corrected chi connectivity index (χ3v) is 5.96. The smallest absolute Gasteiger partial charge is 0.251 e. The highest BCUT2D eigenvalue weighted by Crippen LogP contribution is 2.17. The van der Waals surface area contributed by atoms with Gasteiger partial charge in [0.1, 0.15) is 0 Å². The average Bonchev–Trinajstić information content (AvgIpc) is 2.70. The average molecular weight is 458 g/mol. The van der Waals surface area contributed by atoms with Crippen molar-refractivity contribution in [2.75, 3.05) is 19.6 Å². The minimum absolute atomic E-state index is 0.0115. The summed E-state index contributed by atoms with van der Waals surface area (Å²) in [6, 6.07) is 15.7. The molecule has 29 heavy (non-hydrogen) atoms. The van der Waals surface area contributed by atoms with Crippen molar-refractivity contribution >= 4 is 27.7 Å². The number of piperidine rings is 1. The van der Waals surface area contributed by atoms with Crippen LogP contribution in [0.5, 0.6) is 0 Å². The zero-order valence-electron chi connectivity index (χ0n) is 17.0. The van der Waals surface area contributed by atoms with Gasteiger partial charge in [-0.15, -0.1) is 0 Å². The van der Waals surface area contributed by atoms with Crippen molar-refractivity contribution in [3.8, 4) is 0 Å². The number of aryl methyl sites for hydroxylation is 1. The third-order valence-electron chi connectivity index (χ3n) is 5.43. The van der Waals surface area contributed by atoms with Gasteiger partial charge >= 0.3 is 0 Å². The molecule has 2 N–H and O–H groups in total. The molecule has 0 aromatic heterocycles. The third kappa shape index (κ3) is 6.15. The molecule has 2 aromatic rings. The van der Waals surface area contributed by atoms with E-state index in [4.69, 9.17) is 0 Å². The molecule has 1 unspecified atom stereocenters. The molecule has 5 nitrogen and oxygen atoms in total. The Hall–Kier alpha value is -2.18. The van der Waals surface area contributed by atoms with Crippen molar-refractivity contribution in [1.29, 1.82) is 0 Å². The van der Waals surface area contributed by atoms with Gasteiger partial charge in [0.15, 0.2) is 0 Å². The maximum absolute atomic E-state index is 12.5. The predicted octanol–water partition coefficient (Wildman–Crippen LogP) is 3.83. The summed E-state index contributed by atoms with van der Waals surface area (Å²) in [5.41, 5.74) is 2.80. The van der Waals surface area contributed by atoms with Gasteiger partial charge in [-0.2, -0.15) is 0 Å². The molecule has 1 fully saturated rings. The minimum Gasteiger partial charge on any atom is -0.349 e. The van der Waals surface area contributed by atoms with E-state index in [0.717, 1.165) is 47.1 Å². The SMILES string of the molecule is Cc1ccccc1C(=O)NC1CCN(CC(=O)NC(C)c2ccc(Br)cc2)CC1. The Labute approximate surface area is 181 Å². The van der Waals surface area contributed by atoms with Crippen molar-refractivity contribution in [1.82, 2.24) is 15.5 Å². The number of carbonyl (C=O) groups is 2. The number of nitrogens with zero attached hydrogens (tertiary/aromatic N) is 1. The number of rotatable bonds is 6. The highest BCUT2D eigenvalue weighted by molar-refractivity contribution is 9.10. The second-order valence-corrected chi connectivity index (χ2v) is 8.60. The molecule has 0 spiro atoms. The number of likely N-dealkylation sites (tertiary alicyclic amines) is 1. The Morgan fingerprint density at radius 2 is 1.76 bits per heavy atom. The molecule has 0 radical (unpaired) electrons. The predicted molar refractivity (Wildman–Crippen MR) is 119 cm³/mol. The minimum atomic E-state index is -0.0264. The van der Waals surface area contributed by atoms with Gasteiger partial charge in [-0.1, -0.05) is 46.3 Å². The van der Waals surface area contributed by atoms with E-state index in [0.29, 0.717) is 6.54 Å². The zero-order valence-corrected chi connectivity index (χ0v) is 18.5. The highest BCUT2D eigenvalue weighted by atomic mass is 79.9. The van der Waals surface area contributed by atoms with Crippen molar-refractivity contribution < 1.29 is 9.59 Å². The molecule has 1 aliphatic rings. The Morgan fingerprint density at radius 1 is 1.10 bits per heavy atom. The zero-order chi connectivity index (χ0) is 20.8. The van der Waals surface area contributed by atoms with E-state index in [1.54, 1.807) is 0 Å². The standard InChI is InChI=1S/C23H28BrN3O2/c1-16-5-3-4-6-21(16)23(29)26-20-11-13-27(14-12-20)15-22(28)25-17(2)18-7-9-19(24)10-8-18/h3-10,17,20H,11-15H2,1-2H3,(H,25,28)(H,26,29). The summed E-state index contributed by atoms with van der Waals surface area (Å²) in [7, 11) is 0. The molecule has 1 aliphatic heterocycles. The molecule has 1 atom stereocenters. The van der Waals surface area contributed by atoms with Crippen LogP contribution in [0.4, 0.5) is 0 Å². The summed E-state index contributed by atoms with van der Waals surface area (Å²) in [5.74, 6) is 0.0189. The largest absolute Gasteiger partial charge is 0.349 e. The molecule has 2 aromatic carbocycles. The summed E-state index contributed by atoms with van der Waals surface area (Å²) in [4.78, 5) is 27.0. The number of benzene rings is 2. The molecule has 154 valence electrons. The first-order valence-electron chi connectivity index (χ1n) is 10.1. The van der Waals surface area contributed by atoms with Gasteiger partial charge in [-0.25, -0.2) is 0 Å². The summed E-state index contributed by atoms with van der Waals surface area (Å²) < 4.78 is 1.03. The van der Waals surface area contributed by atoms with Gasteiger partial charge in [0, 0.05) is 29.2 Å². The highest BCUT2D eigenvalue weighted by Gasteiger charge is 2.23. The normalized spacial score (nSPS) is 16.2. The van der Waals surface area contributed by atoms with Gasteiger partial charge in [-0.05, 0) is 56.0 Å². The van der Waals surface area contributed by atoms with Crippen LogP contribution in [0.1, 0.15) is 47.3 Å². The number of amides is 2. The second-order valence-electron chi connectivity index (χ2n) is 7.68. The molecular weight excluding hydrogens is 430 g/mol. The molecule has 0 saturated carbocycles. The molecular formula is C23H28BrN3O2. The quantitative estimate of drug-likeness (QED) is 0.692. The van der Waals surface area contributed by atoms with Crippen LogP contribution in [-0.2, 0) is 4.79 Å². The lowest BCUT2D eigenvalue weighted by molar-refractivity contribution is -0.123. The van der Waals surface area contributed by atoms with Crippen LogP contribution in [-0.4, -0.2) is 42.4 Å². The fraction of sp³-hybridized carbons (Fsp3) is 0.391. The molecule has 1 heterocycles. The topological polar surface area (TPSA) is 61.4 Å². The molecule has 6 heteroatoms. The fourth-order valence-electron chi connectivity index (χ4n) is 3.65. The number of carbonyl (C=O) groups excluding carboxylic acids is 2. The lowest BCUT2D eigenvalue weighted by Gasteiger charge is -2.32. The lowest BCUT2D eigenvalue weighted by Crippen LogP contribution is -2.47. The van der Waals surface area contributed by atoms with Gasteiger partial charge < -0.3 is 10.6 Å².